The van der Waals surface area contributed by atoms with Gasteiger partial charge in [0.05, 0.1) is 23.8 Å². The van der Waals surface area contributed by atoms with Crippen LogP contribution in [0, 0.1) is 13.8 Å². The molecule has 0 atom stereocenters. The van der Waals surface area contributed by atoms with Crippen LogP contribution in [0.1, 0.15) is 83.7 Å². The van der Waals surface area contributed by atoms with Gasteiger partial charge in [-0.3, -0.25) is 9.59 Å². The van der Waals surface area contributed by atoms with Crippen molar-refractivity contribution < 1.29 is 14.4 Å². The lowest BCUT2D eigenvalue weighted by molar-refractivity contribution is 0.0987. The third kappa shape index (κ3) is 11.4. The minimum Gasteiger partial charge on any atom is -0.366 e. The predicted molar refractivity (Wildman–Crippen MR) is 207 cm³/mol. The largest absolute Gasteiger partial charge is 0.366 e. The number of anilines is 6. The monoisotopic (exact) mass is 765 g/mol. The van der Waals surface area contributed by atoms with E-state index >= 15 is 0 Å². The zero-order chi connectivity index (χ0) is 38.1. The van der Waals surface area contributed by atoms with Crippen LogP contribution in [0.25, 0.3) is 0 Å². The van der Waals surface area contributed by atoms with Crippen LogP contribution in [0.2, 0.25) is 0 Å². The van der Waals surface area contributed by atoms with Gasteiger partial charge in [0.2, 0.25) is 0 Å². The molecule has 2 aliphatic carbocycles. The van der Waals surface area contributed by atoms with E-state index < -0.39 is 11.8 Å². The highest BCUT2D eigenvalue weighted by Gasteiger charge is 2.24. The maximum absolute atomic E-state index is 11.8. The molecular weight excluding hydrogens is 719 g/mol. The van der Waals surface area contributed by atoms with Gasteiger partial charge in [-0.1, -0.05) is 0 Å². The second kappa shape index (κ2) is 18.0. The van der Waals surface area contributed by atoms with Crippen molar-refractivity contribution in [3.05, 3.63) is 47.3 Å². The maximum atomic E-state index is 11.8. The van der Waals surface area contributed by atoms with E-state index in [-0.39, 0.29) is 35.5 Å². The number of primary amides is 2. The summed E-state index contributed by atoms with van der Waals surface area (Å²) >= 11 is 2.57. The van der Waals surface area contributed by atoms with Crippen molar-refractivity contribution in [3.8, 4) is 0 Å². The highest BCUT2D eigenvalue weighted by molar-refractivity contribution is 7.10. The number of hydrogen-bond donors (Lipinski definition) is 8. The molecule has 4 aromatic rings. The number of nitrogens with one attached hydrogen (secondary N) is 5. The van der Waals surface area contributed by atoms with E-state index in [1.54, 1.807) is 19.0 Å². The van der Waals surface area contributed by atoms with E-state index in [0.717, 1.165) is 72.8 Å². The zero-order valence-corrected chi connectivity index (χ0v) is 31.8. The molecule has 11 N–H and O–H groups in total. The second-order valence-corrected chi connectivity index (χ2v) is 15.0. The third-order valence-corrected chi connectivity index (χ3v) is 10.3. The first-order valence-corrected chi connectivity index (χ1v) is 18.9. The van der Waals surface area contributed by atoms with E-state index in [1.165, 1.54) is 35.5 Å². The molecule has 20 heteroatoms. The van der Waals surface area contributed by atoms with Crippen molar-refractivity contribution in [1.82, 2.24) is 38.9 Å². The lowest BCUT2D eigenvalue weighted by Gasteiger charge is -2.30. The third-order valence-electron chi connectivity index (χ3n) is 8.69. The molecule has 18 nitrogen and oxygen atoms in total. The summed E-state index contributed by atoms with van der Waals surface area (Å²) in [7, 11) is 3.46. The summed E-state index contributed by atoms with van der Waals surface area (Å²) < 4.78 is 8.41. The Morgan fingerprint density at radius 2 is 1.11 bits per heavy atom. The topological polar surface area (TPSA) is 270 Å². The smallest absolute Gasteiger partial charge is 0.317 e. The number of amides is 4. The van der Waals surface area contributed by atoms with Crippen LogP contribution >= 0.6 is 23.1 Å². The van der Waals surface area contributed by atoms with E-state index in [0.29, 0.717) is 29.3 Å². The first-order chi connectivity index (χ1) is 25.3. The normalized spacial score (nSPS) is 19.6. The Labute approximate surface area is 315 Å². The second-order valence-electron chi connectivity index (χ2n) is 13.3. The minimum absolute atomic E-state index is 0.0664. The van der Waals surface area contributed by atoms with Crippen LogP contribution in [-0.4, -0.2) is 89.7 Å². The molecule has 0 unspecified atom stereocenters. The van der Waals surface area contributed by atoms with Crippen molar-refractivity contribution >= 4 is 74.2 Å². The van der Waals surface area contributed by atoms with Crippen LogP contribution in [0.3, 0.4) is 0 Å². The van der Waals surface area contributed by atoms with Gasteiger partial charge in [0.1, 0.15) is 21.6 Å². The van der Waals surface area contributed by atoms with Crippen LogP contribution in [0.5, 0.6) is 0 Å². The Morgan fingerprint density at radius 1 is 0.698 bits per heavy atom. The van der Waals surface area contributed by atoms with Gasteiger partial charge in [-0.15, -0.1) is 0 Å². The molecule has 4 amide bonds. The molecule has 0 saturated heterocycles. The number of hydrogen-bond acceptors (Lipinski definition) is 16. The fourth-order valence-electron chi connectivity index (χ4n) is 5.90. The standard InChI is InChI=1S/C18H26N8O2S.C15H21N7OS/c1-10-8-14(29-25-10)24-17-15(16(19)27)20-9-13(23-17)21-11-4-6-12(7-5-11)22-18(28)26(2)3;1-8-6-12(24-22-8)21-15-13(14(17)23)18-7-11(20-15)19-10-4-2-9(16)3-5-10/h8-9,11-12H,4-7H2,1-3H3,(H2,19,27)(H,22,28)(H2,21,23,24);6-7,9-10H,2-5,16H2,1H3,(H2,17,23)(H2,19,20,21). The molecular formula is C33H47N15O3S2. The lowest BCUT2D eigenvalue weighted by Crippen LogP contribution is -2.44. The summed E-state index contributed by atoms with van der Waals surface area (Å²) in [4.78, 5) is 53.9. The van der Waals surface area contributed by atoms with Crippen molar-refractivity contribution in [2.75, 3.05) is 35.4 Å². The molecule has 6 rings (SSSR count). The summed E-state index contributed by atoms with van der Waals surface area (Å²) in [6.45, 7) is 3.78. The Bertz CT molecular complexity index is 1870. The van der Waals surface area contributed by atoms with Gasteiger partial charge < -0.3 is 48.7 Å². The quantitative estimate of drug-likeness (QED) is 0.108. The van der Waals surface area contributed by atoms with Crippen LogP contribution in [0.4, 0.5) is 38.1 Å². The Kier molecular flexibility index (Phi) is 13.3. The summed E-state index contributed by atoms with van der Waals surface area (Å²) in [5.74, 6) is 0.553. The average Bonchev–Trinajstić information content (AvgIpc) is 3.73. The van der Waals surface area contributed by atoms with E-state index in [2.05, 4.69) is 55.3 Å². The summed E-state index contributed by atoms with van der Waals surface area (Å²) in [6.07, 6.45) is 10.6. The molecule has 2 fully saturated rings. The van der Waals surface area contributed by atoms with E-state index in [9.17, 15) is 14.4 Å². The number of carbonyl (C=O) groups is 3. The number of carbonyl (C=O) groups excluding carboxylic acids is 3. The average molecular weight is 766 g/mol. The number of nitrogens with zero attached hydrogens (tertiary/aromatic N) is 7. The molecule has 0 aromatic carbocycles. The maximum Gasteiger partial charge on any atom is 0.317 e. The first-order valence-electron chi connectivity index (χ1n) is 17.3. The highest BCUT2D eigenvalue weighted by atomic mass is 32.1. The molecule has 2 saturated carbocycles. The molecule has 0 spiro atoms. The van der Waals surface area contributed by atoms with E-state index in [1.807, 2.05) is 26.0 Å². The Hall–Kier alpha value is -5.21. The van der Waals surface area contributed by atoms with Crippen molar-refractivity contribution in [3.63, 3.8) is 0 Å². The van der Waals surface area contributed by atoms with Gasteiger partial charge in [-0.25, -0.2) is 24.7 Å². The fourth-order valence-corrected chi connectivity index (χ4v) is 7.22. The molecule has 284 valence electrons. The number of aryl methyl sites for hydroxylation is 2. The fraction of sp³-hybridized carbons (Fsp3) is 0.485. The summed E-state index contributed by atoms with van der Waals surface area (Å²) in [5.41, 5.74) is 18.7. The molecule has 0 aliphatic heterocycles. The SMILES string of the molecule is Cc1cc(Nc2nc(NC3CCC(N)CC3)cnc2C(N)=O)sn1.Cc1cc(Nc2nc(NC3CCC(NC(=O)N(C)C)CC3)cnc2C(N)=O)sn1. The molecule has 2 aliphatic rings. The van der Waals surface area contributed by atoms with Crippen LogP contribution in [0.15, 0.2) is 24.5 Å². The molecule has 4 aromatic heterocycles. The van der Waals surface area contributed by atoms with Gasteiger partial charge in [0.15, 0.2) is 23.0 Å². The molecule has 4 heterocycles. The van der Waals surface area contributed by atoms with Gasteiger partial charge in [0, 0.05) is 38.3 Å². The molecule has 0 radical (unpaired) electrons. The van der Waals surface area contributed by atoms with Crippen LogP contribution < -0.4 is 43.8 Å². The van der Waals surface area contributed by atoms with Crippen LogP contribution in [-0.2, 0) is 0 Å². The van der Waals surface area contributed by atoms with Crippen molar-refractivity contribution in [1.29, 1.82) is 0 Å². The van der Waals surface area contributed by atoms with Gasteiger partial charge in [0.25, 0.3) is 11.8 Å². The number of aromatic nitrogens is 6. The lowest BCUT2D eigenvalue weighted by atomic mass is 9.91. The number of rotatable bonds is 11. The zero-order valence-electron chi connectivity index (χ0n) is 30.2. The first kappa shape index (κ1) is 39.0. The van der Waals surface area contributed by atoms with Crippen molar-refractivity contribution in [2.45, 2.75) is 89.4 Å². The number of nitrogens with two attached hydrogens (primary N) is 3. The van der Waals surface area contributed by atoms with Gasteiger partial charge in [-0.2, -0.15) is 8.75 Å². The molecule has 53 heavy (non-hydrogen) atoms. The minimum atomic E-state index is -0.648. The Balaban J connectivity index is 0.000000208. The van der Waals surface area contributed by atoms with E-state index in [4.69, 9.17) is 17.2 Å². The highest BCUT2D eigenvalue weighted by Crippen LogP contribution is 2.27. The van der Waals surface area contributed by atoms with Gasteiger partial charge in [-0.05, 0) is 100 Å². The summed E-state index contributed by atoms with van der Waals surface area (Å²) in [5, 5.41) is 17.5. The predicted octanol–water partition coefficient (Wildman–Crippen LogP) is 3.84. The van der Waals surface area contributed by atoms with Crippen molar-refractivity contribution in [2.24, 2.45) is 17.2 Å². The Morgan fingerprint density at radius 3 is 1.49 bits per heavy atom. The van der Waals surface area contributed by atoms with Gasteiger partial charge >= 0.3 is 6.03 Å². The summed E-state index contributed by atoms with van der Waals surface area (Å²) in [6, 6.07) is 4.67. The number of urea groups is 1. The molecule has 0 bridgehead atoms.